The summed E-state index contributed by atoms with van der Waals surface area (Å²) in [7, 11) is 2.56. The Morgan fingerprint density at radius 2 is 2.00 bits per heavy atom. The Morgan fingerprint density at radius 3 is 2.67 bits per heavy atom. The Balaban J connectivity index is 2.38. The summed E-state index contributed by atoms with van der Waals surface area (Å²) in [6.07, 6.45) is 0.244. The molecular weight excluding hydrogens is 234 g/mol. The first-order valence-electron chi connectivity index (χ1n) is 5.57. The second kappa shape index (κ2) is 4.60. The topological polar surface area (TPSA) is 63.7 Å². The van der Waals surface area contributed by atoms with Crippen LogP contribution in [0.25, 0.3) is 0 Å². The predicted molar refractivity (Wildman–Crippen MR) is 63.6 cm³/mol. The van der Waals surface area contributed by atoms with E-state index in [1.54, 1.807) is 18.2 Å². The molecule has 0 fully saturated rings. The van der Waals surface area contributed by atoms with Crippen LogP contribution in [0.15, 0.2) is 18.2 Å². The molecule has 0 unspecified atom stereocenters. The van der Waals surface area contributed by atoms with E-state index in [0.29, 0.717) is 24.0 Å². The van der Waals surface area contributed by atoms with Crippen molar-refractivity contribution in [2.45, 2.75) is 12.8 Å². The third-order valence-corrected chi connectivity index (χ3v) is 3.06. The maximum absolute atomic E-state index is 12.1. The van der Waals surface area contributed by atoms with Crippen LogP contribution in [0.5, 0.6) is 0 Å². The van der Waals surface area contributed by atoms with Crippen LogP contribution >= 0.6 is 0 Å². The highest BCUT2D eigenvalue weighted by molar-refractivity contribution is 6.08. The molecule has 94 valence electrons. The molecule has 0 saturated carbocycles. The summed E-state index contributed by atoms with van der Waals surface area (Å²) in [5, 5.41) is 0. The van der Waals surface area contributed by atoms with E-state index in [4.69, 9.17) is 0 Å². The van der Waals surface area contributed by atoms with E-state index in [-0.39, 0.29) is 5.78 Å². The van der Waals surface area contributed by atoms with E-state index in [0.717, 1.165) is 10.5 Å². The smallest absolute Gasteiger partial charge is 0.416 e. The van der Waals surface area contributed by atoms with Crippen molar-refractivity contribution < 1.29 is 19.1 Å². The lowest BCUT2D eigenvalue weighted by Gasteiger charge is -2.15. The van der Waals surface area contributed by atoms with Crippen LogP contribution in [-0.2, 0) is 11.2 Å². The minimum atomic E-state index is -0.720. The number of carbonyl (C=O) groups excluding carboxylic acids is 3. The normalized spacial score (nSPS) is 13.1. The van der Waals surface area contributed by atoms with Crippen LogP contribution in [0.3, 0.4) is 0 Å². The molecule has 1 aromatic rings. The Hall–Kier alpha value is -2.17. The van der Waals surface area contributed by atoms with Crippen LogP contribution in [0.2, 0.25) is 0 Å². The molecule has 5 nitrogen and oxygen atoms in total. The van der Waals surface area contributed by atoms with Crippen molar-refractivity contribution in [2.24, 2.45) is 0 Å². The molecule has 5 heteroatoms. The van der Waals surface area contributed by atoms with E-state index < -0.39 is 12.0 Å². The van der Waals surface area contributed by atoms with Gasteiger partial charge in [-0.1, -0.05) is 12.1 Å². The van der Waals surface area contributed by atoms with E-state index in [9.17, 15) is 14.4 Å². The number of nitrogens with zero attached hydrogens (tertiary/aromatic N) is 1. The molecule has 0 heterocycles. The first kappa shape index (κ1) is 12.3. The van der Waals surface area contributed by atoms with Gasteiger partial charge in [-0.3, -0.25) is 9.59 Å². The van der Waals surface area contributed by atoms with Crippen molar-refractivity contribution in [1.29, 1.82) is 0 Å². The molecule has 0 aromatic heterocycles. The SMILES string of the molecule is COC(=O)N(C)C(=O)c1cccc2c1CCC2=O. The fourth-order valence-electron chi connectivity index (χ4n) is 2.09. The van der Waals surface area contributed by atoms with E-state index in [2.05, 4.69) is 4.74 Å². The molecule has 1 aliphatic carbocycles. The van der Waals surface area contributed by atoms with E-state index in [1.807, 2.05) is 0 Å². The highest BCUT2D eigenvalue weighted by Crippen LogP contribution is 2.26. The number of methoxy groups -OCH3 is 1. The number of hydrogen-bond donors (Lipinski definition) is 0. The minimum absolute atomic E-state index is 0.0420. The highest BCUT2D eigenvalue weighted by atomic mass is 16.5. The van der Waals surface area contributed by atoms with Crippen LogP contribution < -0.4 is 0 Å². The van der Waals surface area contributed by atoms with Gasteiger partial charge in [0.25, 0.3) is 5.91 Å². The number of imide groups is 1. The number of ketones is 1. The maximum Gasteiger partial charge on any atom is 0.416 e. The Bertz CT molecular complexity index is 536. The van der Waals surface area contributed by atoms with Crippen LogP contribution in [-0.4, -0.2) is 36.8 Å². The zero-order chi connectivity index (χ0) is 13.3. The number of benzene rings is 1. The Labute approximate surface area is 104 Å². The number of amides is 2. The van der Waals surface area contributed by atoms with Gasteiger partial charge in [0.2, 0.25) is 0 Å². The molecule has 0 spiro atoms. The maximum atomic E-state index is 12.1. The molecule has 0 bridgehead atoms. The summed E-state index contributed by atoms with van der Waals surface area (Å²) < 4.78 is 4.49. The molecule has 0 atom stereocenters. The fourth-order valence-corrected chi connectivity index (χ4v) is 2.09. The molecule has 0 aliphatic heterocycles. The van der Waals surface area contributed by atoms with Gasteiger partial charge in [-0.05, 0) is 18.1 Å². The summed E-state index contributed by atoms with van der Waals surface area (Å²) in [6, 6.07) is 4.99. The van der Waals surface area contributed by atoms with Crippen molar-refractivity contribution >= 4 is 17.8 Å². The predicted octanol–water partition coefficient (Wildman–Crippen LogP) is 1.65. The summed E-state index contributed by atoms with van der Waals surface area (Å²) in [5.74, 6) is -0.409. The van der Waals surface area contributed by atoms with Crippen molar-refractivity contribution in [1.82, 2.24) is 4.90 Å². The first-order valence-corrected chi connectivity index (χ1v) is 5.57. The number of ether oxygens (including phenoxy) is 1. The average molecular weight is 247 g/mol. The van der Waals surface area contributed by atoms with Gasteiger partial charge in [0.1, 0.15) is 0 Å². The monoisotopic (exact) mass is 247 g/mol. The number of rotatable bonds is 1. The van der Waals surface area contributed by atoms with Gasteiger partial charge in [0.15, 0.2) is 5.78 Å². The number of fused-ring (bicyclic) bond motifs is 1. The lowest BCUT2D eigenvalue weighted by molar-refractivity contribution is 0.0750. The third kappa shape index (κ3) is 1.88. The molecule has 1 aliphatic rings. The summed E-state index contributed by atoms with van der Waals surface area (Å²) >= 11 is 0. The Kier molecular flexibility index (Phi) is 3.14. The number of carbonyl (C=O) groups is 3. The molecule has 0 saturated heterocycles. The van der Waals surface area contributed by atoms with Gasteiger partial charge < -0.3 is 4.74 Å². The average Bonchev–Trinajstić information content (AvgIpc) is 2.78. The molecule has 1 aromatic carbocycles. The van der Waals surface area contributed by atoms with Gasteiger partial charge in [0.05, 0.1) is 7.11 Å². The first-order chi connectivity index (χ1) is 8.56. The minimum Gasteiger partial charge on any atom is -0.452 e. The van der Waals surface area contributed by atoms with Gasteiger partial charge in [-0.2, -0.15) is 0 Å². The molecule has 0 N–H and O–H groups in total. The summed E-state index contributed by atoms with van der Waals surface area (Å²) in [4.78, 5) is 35.9. The van der Waals surface area contributed by atoms with Crippen LogP contribution in [0.1, 0.15) is 32.7 Å². The van der Waals surface area contributed by atoms with Crippen molar-refractivity contribution in [3.63, 3.8) is 0 Å². The molecule has 2 rings (SSSR count). The lowest BCUT2D eigenvalue weighted by atomic mass is 10.0. The second-order valence-corrected chi connectivity index (χ2v) is 4.09. The van der Waals surface area contributed by atoms with Gasteiger partial charge in [0, 0.05) is 24.6 Å². The second-order valence-electron chi connectivity index (χ2n) is 4.09. The van der Waals surface area contributed by atoms with Crippen molar-refractivity contribution in [2.75, 3.05) is 14.2 Å². The Morgan fingerprint density at radius 1 is 1.28 bits per heavy atom. The van der Waals surface area contributed by atoms with Gasteiger partial charge in [-0.25, -0.2) is 9.69 Å². The number of hydrogen-bond acceptors (Lipinski definition) is 4. The fraction of sp³-hybridized carbons (Fsp3) is 0.308. The van der Waals surface area contributed by atoms with Gasteiger partial charge in [-0.15, -0.1) is 0 Å². The zero-order valence-corrected chi connectivity index (χ0v) is 10.2. The summed E-state index contributed by atoms with van der Waals surface area (Å²) in [6.45, 7) is 0. The van der Waals surface area contributed by atoms with E-state index in [1.165, 1.54) is 14.2 Å². The van der Waals surface area contributed by atoms with E-state index >= 15 is 0 Å². The zero-order valence-electron chi connectivity index (χ0n) is 10.2. The summed E-state index contributed by atoms with van der Waals surface area (Å²) in [5.41, 5.74) is 1.70. The molecule has 18 heavy (non-hydrogen) atoms. The highest BCUT2D eigenvalue weighted by Gasteiger charge is 2.27. The molecule has 2 amide bonds. The van der Waals surface area contributed by atoms with Gasteiger partial charge >= 0.3 is 6.09 Å². The quantitative estimate of drug-likeness (QED) is 0.757. The largest absolute Gasteiger partial charge is 0.452 e. The lowest BCUT2D eigenvalue weighted by Crippen LogP contribution is -2.33. The third-order valence-electron chi connectivity index (χ3n) is 3.06. The van der Waals surface area contributed by atoms with Crippen molar-refractivity contribution in [3.8, 4) is 0 Å². The van der Waals surface area contributed by atoms with Crippen molar-refractivity contribution in [3.05, 3.63) is 34.9 Å². The standard InChI is InChI=1S/C13H13NO4/c1-14(13(17)18-2)12(16)10-5-3-4-9-8(10)6-7-11(9)15/h3-5H,6-7H2,1-2H3. The number of Topliss-reactive ketones (excluding diaryl/α,β-unsaturated/α-hetero) is 1. The molecule has 0 radical (unpaired) electrons. The van der Waals surface area contributed by atoms with Crippen LogP contribution in [0, 0.1) is 0 Å². The molecular formula is C13H13NO4. The van der Waals surface area contributed by atoms with Crippen LogP contribution in [0.4, 0.5) is 4.79 Å².